The SMILES string of the molecule is C=CC(=O)N1C[C@@H](n2nc(C#Cc3c(F)c(OC)cc(OC)c3F)c3c(N)ncc(-c4ccn(C)n4)c32)C[C@@H]1COC. The highest BCUT2D eigenvalue weighted by molar-refractivity contribution is 6.01. The Hall–Kier alpha value is -4.96. The van der Waals surface area contributed by atoms with E-state index in [9.17, 15) is 4.79 Å². The van der Waals surface area contributed by atoms with E-state index in [1.54, 1.807) is 40.8 Å². The highest BCUT2D eigenvalue weighted by Gasteiger charge is 2.37. The first kappa shape index (κ1) is 28.6. The van der Waals surface area contributed by atoms with E-state index in [2.05, 4.69) is 28.5 Å². The highest BCUT2D eigenvalue weighted by Crippen LogP contribution is 2.37. The minimum Gasteiger partial charge on any atom is -0.493 e. The molecule has 2 N–H and O–H groups in total. The summed E-state index contributed by atoms with van der Waals surface area (Å²) in [5.41, 5.74) is 7.77. The van der Waals surface area contributed by atoms with Crippen molar-refractivity contribution in [2.75, 3.05) is 40.2 Å². The van der Waals surface area contributed by atoms with Crippen molar-refractivity contribution >= 4 is 22.6 Å². The number of carbonyl (C=O) groups is 1. The second-order valence-electron chi connectivity index (χ2n) is 9.68. The first-order valence-electron chi connectivity index (χ1n) is 12.9. The normalized spacial score (nSPS) is 16.4. The average Bonchev–Trinajstić information content (AvgIpc) is 3.71. The maximum absolute atomic E-state index is 15.1. The largest absolute Gasteiger partial charge is 0.493 e. The Bertz CT molecular complexity index is 1730. The van der Waals surface area contributed by atoms with Crippen molar-refractivity contribution in [3.05, 3.63) is 60.1 Å². The van der Waals surface area contributed by atoms with E-state index in [0.29, 0.717) is 41.7 Å². The molecule has 13 heteroatoms. The monoisotopic (exact) mass is 577 g/mol. The summed E-state index contributed by atoms with van der Waals surface area (Å²) in [5.74, 6) is 2.82. The molecule has 0 aliphatic carbocycles. The van der Waals surface area contributed by atoms with Crippen molar-refractivity contribution in [1.82, 2.24) is 29.4 Å². The van der Waals surface area contributed by atoms with Crippen LogP contribution in [-0.4, -0.2) is 75.9 Å². The number of aromatic nitrogens is 5. The molecule has 0 bridgehead atoms. The molecule has 1 aromatic carbocycles. The van der Waals surface area contributed by atoms with Gasteiger partial charge in [-0.05, 0) is 24.5 Å². The minimum absolute atomic E-state index is 0.120. The molecule has 1 aliphatic heterocycles. The fraction of sp³-hybridized carbons (Fsp3) is 0.310. The van der Waals surface area contributed by atoms with E-state index in [-0.39, 0.29) is 41.0 Å². The predicted molar refractivity (Wildman–Crippen MR) is 151 cm³/mol. The lowest BCUT2D eigenvalue weighted by molar-refractivity contribution is -0.127. The standard InChI is InChI=1S/C29H29F2N7O4/c1-6-24(39)37-14-16(11-17(37)15-40-3)38-28-19(20-9-10-36(2)34-20)13-33-29(32)25(28)21(35-38)8-7-18-26(30)22(41-4)12-23(42-5)27(18)31/h6,9-10,12-13,16-17H,1,11,14-15H2,2-5H3,(H2,32,33)/t16-,17+/m0/s1. The average molecular weight is 578 g/mol. The Morgan fingerprint density at radius 3 is 2.50 bits per heavy atom. The van der Waals surface area contributed by atoms with Crippen molar-refractivity contribution < 1.29 is 27.8 Å². The van der Waals surface area contributed by atoms with Crippen molar-refractivity contribution in [2.45, 2.75) is 18.5 Å². The molecule has 42 heavy (non-hydrogen) atoms. The van der Waals surface area contributed by atoms with Crippen LogP contribution in [0.2, 0.25) is 0 Å². The molecular weight excluding hydrogens is 548 g/mol. The van der Waals surface area contributed by atoms with Crippen molar-refractivity contribution in [1.29, 1.82) is 0 Å². The van der Waals surface area contributed by atoms with E-state index in [0.717, 1.165) is 6.07 Å². The van der Waals surface area contributed by atoms with Gasteiger partial charge in [-0.2, -0.15) is 10.2 Å². The van der Waals surface area contributed by atoms with Crippen LogP contribution in [0.25, 0.3) is 22.2 Å². The van der Waals surface area contributed by atoms with Crippen LogP contribution >= 0.6 is 0 Å². The highest BCUT2D eigenvalue weighted by atomic mass is 19.1. The molecule has 2 atom stereocenters. The number of methoxy groups -OCH3 is 3. The van der Waals surface area contributed by atoms with Crippen LogP contribution in [0, 0.1) is 23.5 Å². The molecule has 218 valence electrons. The summed E-state index contributed by atoms with van der Waals surface area (Å²) in [6.45, 7) is 4.25. The number of fused-ring (bicyclic) bond motifs is 1. The fourth-order valence-electron chi connectivity index (χ4n) is 5.22. The van der Waals surface area contributed by atoms with E-state index in [1.165, 1.54) is 20.3 Å². The number of pyridine rings is 1. The summed E-state index contributed by atoms with van der Waals surface area (Å²) in [4.78, 5) is 18.7. The third-order valence-corrected chi connectivity index (χ3v) is 7.18. The van der Waals surface area contributed by atoms with Gasteiger partial charge >= 0.3 is 0 Å². The molecule has 5 rings (SSSR count). The second-order valence-corrected chi connectivity index (χ2v) is 9.68. The number of benzene rings is 1. The first-order chi connectivity index (χ1) is 20.2. The molecule has 0 saturated carbocycles. The number of aryl methyl sites for hydroxylation is 1. The van der Waals surface area contributed by atoms with Crippen LogP contribution in [0.1, 0.15) is 23.7 Å². The number of anilines is 1. The Balaban J connectivity index is 1.73. The summed E-state index contributed by atoms with van der Waals surface area (Å²) in [7, 11) is 5.87. The number of rotatable bonds is 7. The number of nitrogens with two attached hydrogens (primary N) is 1. The first-order valence-corrected chi connectivity index (χ1v) is 12.9. The Labute approximate surface area is 240 Å². The number of hydrogen-bond donors (Lipinski definition) is 1. The summed E-state index contributed by atoms with van der Waals surface area (Å²) in [5, 5.41) is 9.69. The van der Waals surface area contributed by atoms with Gasteiger partial charge in [0.15, 0.2) is 23.1 Å². The molecule has 4 heterocycles. The number of nitrogen functional groups attached to an aromatic ring is 1. The van der Waals surface area contributed by atoms with Crippen LogP contribution in [0.5, 0.6) is 11.5 Å². The lowest BCUT2D eigenvalue weighted by Crippen LogP contribution is -2.37. The van der Waals surface area contributed by atoms with Gasteiger partial charge in [-0.3, -0.25) is 14.2 Å². The minimum atomic E-state index is -0.982. The summed E-state index contributed by atoms with van der Waals surface area (Å²) in [6, 6.07) is 2.37. The maximum atomic E-state index is 15.1. The third kappa shape index (κ3) is 4.90. The van der Waals surface area contributed by atoms with Crippen molar-refractivity contribution in [3.63, 3.8) is 0 Å². The smallest absolute Gasteiger partial charge is 0.246 e. The van der Waals surface area contributed by atoms with Gasteiger partial charge in [0.25, 0.3) is 0 Å². The molecule has 0 radical (unpaired) electrons. The maximum Gasteiger partial charge on any atom is 0.246 e. The van der Waals surface area contributed by atoms with Gasteiger partial charge in [0.05, 0.1) is 49.5 Å². The van der Waals surface area contributed by atoms with Crippen molar-refractivity contribution in [3.8, 4) is 34.6 Å². The van der Waals surface area contributed by atoms with Crippen molar-refractivity contribution in [2.24, 2.45) is 7.05 Å². The van der Waals surface area contributed by atoms with E-state index >= 15 is 8.78 Å². The van der Waals surface area contributed by atoms with Gasteiger partial charge in [-0.1, -0.05) is 12.5 Å². The van der Waals surface area contributed by atoms with E-state index in [4.69, 9.17) is 25.0 Å². The van der Waals surface area contributed by atoms with Crippen LogP contribution in [0.4, 0.5) is 14.6 Å². The number of carbonyl (C=O) groups excluding carboxylic acids is 1. The fourth-order valence-corrected chi connectivity index (χ4v) is 5.22. The molecule has 1 aliphatic rings. The number of hydrogen-bond acceptors (Lipinski definition) is 8. The molecule has 1 amide bonds. The van der Waals surface area contributed by atoms with Gasteiger partial charge in [0.2, 0.25) is 5.91 Å². The topological polar surface area (TPSA) is 123 Å². The van der Waals surface area contributed by atoms with Gasteiger partial charge < -0.3 is 24.8 Å². The summed E-state index contributed by atoms with van der Waals surface area (Å²) < 4.78 is 49.0. The molecule has 1 saturated heterocycles. The van der Waals surface area contributed by atoms with Crippen LogP contribution < -0.4 is 15.2 Å². The zero-order chi connectivity index (χ0) is 30.1. The Morgan fingerprint density at radius 1 is 1.19 bits per heavy atom. The number of ether oxygens (including phenoxy) is 3. The summed E-state index contributed by atoms with van der Waals surface area (Å²) >= 11 is 0. The van der Waals surface area contributed by atoms with Crippen LogP contribution in [0.3, 0.4) is 0 Å². The lowest BCUT2D eigenvalue weighted by atomic mass is 10.1. The number of nitrogens with zero attached hydrogens (tertiary/aromatic N) is 6. The quantitative estimate of drug-likeness (QED) is 0.263. The zero-order valence-electron chi connectivity index (χ0n) is 23.5. The van der Waals surface area contributed by atoms with Gasteiger partial charge in [-0.25, -0.2) is 13.8 Å². The Morgan fingerprint density at radius 2 is 1.90 bits per heavy atom. The van der Waals surface area contributed by atoms with Gasteiger partial charge in [-0.15, -0.1) is 0 Å². The number of likely N-dealkylation sites (tertiary alicyclic amines) is 1. The third-order valence-electron chi connectivity index (χ3n) is 7.18. The number of halogens is 2. The predicted octanol–water partition coefficient (Wildman–Crippen LogP) is 3.08. The molecule has 1 fully saturated rings. The second kappa shape index (κ2) is 11.5. The lowest BCUT2D eigenvalue weighted by Gasteiger charge is -2.22. The molecule has 0 spiro atoms. The molecule has 4 aromatic rings. The van der Waals surface area contributed by atoms with Crippen LogP contribution in [0.15, 0.2) is 37.2 Å². The zero-order valence-corrected chi connectivity index (χ0v) is 23.5. The van der Waals surface area contributed by atoms with Gasteiger partial charge in [0, 0.05) is 44.7 Å². The van der Waals surface area contributed by atoms with E-state index in [1.807, 2.05) is 6.07 Å². The molecule has 11 nitrogen and oxygen atoms in total. The van der Waals surface area contributed by atoms with E-state index < -0.39 is 17.2 Å². The summed E-state index contributed by atoms with van der Waals surface area (Å²) in [6.07, 6.45) is 5.15. The van der Waals surface area contributed by atoms with Gasteiger partial charge in [0.1, 0.15) is 17.1 Å². The molecule has 3 aromatic heterocycles. The number of amides is 1. The molecular formula is C29H29F2N7O4. The molecule has 0 unspecified atom stereocenters. The van der Waals surface area contributed by atoms with Crippen LogP contribution in [-0.2, 0) is 16.6 Å². The Kier molecular flexibility index (Phi) is 7.82.